The maximum atomic E-state index is 5.09. The van der Waals surface area contributed by atoms with Crippen LogP contribution in [0.25, 0.3) is 10.9 Å². The van der Waals surface area contributed by atoms with Crippen molar-refractivity contribution in [1.29, 1.82) is 0 Å². The number of rotatable bonds is 6. The second-order valence-electron chi connectivity index (χ2n) is 6.92. The van der Waals surface area contributed by atoms with E-state index in [1.807, 2.05) is 0 Å². The van der Waals surface area contributed by atoms with Crippen LogP contribution in [0, 0.1) is 0 Å². The molecule has 1 heterocycles. The molecule has 4 rings (SSSR count). The fourth-order valence-electron chi connectivity index (χ4n) is 3.56. The first kappa shape index (κ1) is 18.8. The topological polar surface area (TPSA) is 16.1 Å². The molecule has 3 aromatic carbocycles. The van der Waals surface area contributed by atoms with Gasteiger partial charge in [-0.05, 0) is 44.3 Å². The van der Waals surface area contributed by atoms with Crippen molar-refractivity contribution in [2.24, 2.45) is 0 Å². The van der Waals surface area contributed by atoms with Crippen LogP contribution in [-0.2, 0) is 0 Å². The van der Waals surface area contributed by atoms with Crippen molar-refractivity contribution in [3.05, 3.63) is 103 Å². The van der Waals surface area contributed by atoms with Gasteiger partial charge in [0, 0.05) is 5.39 Å². The van der Waals surface area contributed by atoms with E-state index < -0.39 is 7.92 Å². The van der Waals surface area contributed by atoms with Crippen LogP contribution >= 0.6 is 7.92 Å². The second kappa shape index (κ2) is 8.65. The van der Waals surface area contributed by atoms with Gasteiger partial charge in [-0.1, -0.05) is 91.9 Å². The van der Waals surface area contributed by atoms with Crippen molar-refractivity contribution in [3.63, 3.8) is 0 Å². The molecule has 1 atom stereocenters. The van der Waals surface area contributed by atoms with Gasteiger partial charge in [-0.25, -0.2) is 0 Å². The van der Waals surface area contributed by atoms with Crippen molar-refractivity contribution in [3.8, 4) is 0 Å². The largest absolute Gasteiger partial charge is 0.294 e. The number of nitrogens with zero attached hydrogens (tertiary/aromatic N) is 2. The summed E-state index contributed by atoms with van der Waals surface area (Å²) < 4.78 is 0. The predicted molar refractivity (Wildman–Crippen MR) is 122 cm³/mol. The molecule has 0 amide bonds. The highest BCUT2D eigenvalue weighted by Gasteiger charge is 2.30. The van der Waals surface area contributed by atoms with Crippen LogP contribution in [0.5, 0.6) is 0 Å². The Morgan fingerprint density at radius 2 is 1.32 bits per heavy atom. The van der Waals surface area contributed by atoms with Gasteiger partial charge in [-0.3, -0.25) is 9.88 Å². The van der Waals surface area contributed by atoms with Gasteiger partial charge < -0.3 is 0 Å². The average molecular weight is 384 g/mol. The van der Waals surface area contributed by atoms with Gasteiger partial charge in [-0.15, -0.1) is 0 Å². The number of hydrogen-bond acceptors (Lipinski definition) is 2. The molecule has 2 nitrogen and oxygen atoms in total. The van der Waals surface area contributed by atoms with Gasteiger partial charge in [0.1, 0.15) is 0 Å². The third-order valence-corrected chi connectivity index (χ3v) is 7.97. The Labute approximate surface area is 168 Å². The molecule has 0 fully saturated rings. The molecule has 0 N–H and O–H groups in total. The van der Waals surface area contributed by atoms with Crippen LogP contribution in [0.3, 0.4) is 0 Å². The lowest BCUT2D eigenvalue weighted by atomic mass is 10.2. The molecule has 0 bridgehead atoms. The molecule has 3 heteroatoms. The van der Waals surface area contributed by atoms with E-state index in [9.17, 15) is 0 Å². The zero-order chi connectivity index (χ0) is 19.3. The molecule has 4 aromatic rings. The van der Waals surface area contributed by atoms with Crippen LogP contribution in [0.1, 0.15) is 18.4 Å². The summed E-state index contributed by atoms with van der Waals surface area (Å²) in [5.74, 6) is 0.217. The van der Waals surface area contributed by atoms with E-state index in [-0.39, 0.29) is 5.78 Å². The summed E-state index contributed by atoms with van der Waals surface area (Å²) in [5.41, 5.74) is 2.20. The minimum atomic E-state index is -0.628. The van der Waals surface area contributed by atoms with E-state index in [2.05, 4.69) is 116 Å². The highest BCUT2D eigenvalue weighted by atomic mass is 31.1. The van der Waals surface area contributed by atoms with Crippen LogP contribution in [0.2, 0.25) is 0 Å². The van der Waals surface area contributed by atoms with Gasteiger partial charge in [0.05, 0.1) is 17.0 Å². The van der Waals surface area contributed by atoms with E-state index in [0.717, 1.165) is 17.8 Å². The molecule has 0 saturated carbocycles. The molecule has 0 aliphatic carbocycles. The summed E-state index contributed by atoms with van der Waals surface area (Å²) in [5, 5.41) is 3.95. The lowest BCUT2D eigenvalue weighted by Gasteiger charge is -2.35. The summed E-state index contributed by atoms with van der Waals surface area (Å²) in [4.78, 5) is 7.52. The van der Waals surface area contributed by atoms with E-state index in [1.165, 1.54) is 16.0 Å². The van der Waals surface area contributed by atoms with Crippen LogP contribution in [-0.4, -0.2) is 23.5 Å². The number of benzene rings is 3. The maximum Gasteiger partial charge on any atom is 0.0802 e. The average Bonchev–Trinajstić information content (AvgIpc) is 2.77. The summed E-state index contributed by atoms with van der Waals surface area (Å²) >= 11 is 0. The quantitative estimate of drug-likeness (QED) is 0.418. The van der Waals surface area contributed by atoms with Gasteiger partial charge >= 0.3 is 0 Å². The Bertz CT molecular complexity index is 994. The molecule has 1 unspecified atom stereocenters. The number of fused-ring (bicyclic) bond motifs is 1. The number of aromatic nitrogens is 1. The summed E-state index contributed by atoms with van der Waals surface area (Å²) in [6, 6.07) is 34.6. The van der Waals surface area contributed by atoms with Crippen molar-refractivity contribution in [2.45, 2.75) is 12.7 Å². The SMILES string of the molecule is CCN(C)C(c1ccc2ccccc2n1)P(c1ccccc1)c1ccccc1. The fourth-order valence-corrected chi connectivity index (χ4v) is 6.38. The Balaban J connectivity index is 1.89. The first-order valence-corrected chi connectivity index (χ1v) is 11.1. The van der Waals surface area contributed by atoms with Crippen LogP contribution < -0.4 is 10.6 Å². The number of para-hydroxylation sites is 1. The molecular weight excluding hydrogens is 359 g/mol. The monoisotopic (exact) mass is 384 g/mol. The lowest BCUT2D eigenvalue weighted by molar-refractivity contribution is 0.329. The molecule has 0 aliphatic heterocycles. The minimum Gasteiger partial charge on any atom is -0.294 e. The first-order chi connectivity index (χ1) is 13.8. The molecule has 1 aromatic heterocycles. The Morgan fingerprint density at radius 3 is 1.93 bits per heavy atom. The van der Waals surface area contributed by atoms with E-state index in [0.29, 0.717) is 0 Å². The minimum absolute atomic E-state index is 0.217. The molecule has 0 radical (unpaired) electrons. The first-order valence-electron chi connectivity index (χ1n) is 9.73. The zero-order valence-electron chi connectivity index (χ0n) is 16.4. The van der Waals surface area contributed by atoms with Gasteiger partial charge in [0.15, 0.2) is 0 Å². The predicted octanol–water partition coefficient (Wildman–Crippen LogP) is 5.32. The molecule has 0 aliphatic rings. The lowest BCUT2D eigenvalue weighted by Crippen LogP contribution is -2.30. The smallest absolute Gasteiger partial charge is 0.0802 e. The van der Waals surface area contributed by atoms with Gasteiger partial charge in [-0.2, -0.15) is 0 Å². The molecule has 140 valence electrons. The Hall–Kier alpha value is -2.54. The van der Waals surface area contributed by atoms with E-state index in [4.69, 9.17) is 4.98 Å². The molecule has 0 spiro atoms. The van der Waals surface area contributed by atoms with E-state index in [1.54, 1.807) is 0 Å². The number of pyridine rings is 1. The van der Waals surface area contributed by atoms with Crippen molar-refractivity contribution in [1.82, 2.24) is 9.88 Å². The normalized spacial score (nSPS) is 12.6. The third kappa shape index (κ3) is 3.85. The van der Waals surface area contributed by atoms with Crippen molar-refractivity contribution >= 4 is 29.4 Å². The van der Waals surface area contributed by atoms with Crippen LogP contribution in [0.15, 0.2) is 97.1 Å². The Kier molecular flexibility index (Phi) is 5.81. The third-order valence-electron chi connectivity index (χ3n) is 5.11. The van der Waals surface area contributed by atoms with Gasteiger partial charge in [0.25, 0.3) is 0 Å². The van der Waals surface area contributed by atoms with Crippen molar-refractivity contribution in [2.75, 3.05) is 13.6 Å². The molecule has 0 saturated heterocycles. The molecule has 28 heavy (non-hydrogen) atoms. The van der Waals surface area contributed by atoms with Crippen LogP contribution in [0.4, 0.5) is 0 Å². The fraction of sp³-hybridized carbons (Fsp3) is 0.160. The number of hydrogen-bond donors (Lipinski definition) is 0. The van der Waals surface area contributed by atoms with Crippen molar-refractivity contribution < 1.29 is 0 Å². The summed E-state index contributed by atoms with van der Waals surface area (Å²) in [6.07, 6.45) is 0. The highest BCUT2D eigenvalue weighted by Crippen LogP contribution is 2.50. The standard InChI is InChI=1S/C25H25N2P/c1-3-27(2)25(24-19-18-20-12-10-11-17-23(20)26-24)28(21-13-6-4-7-14-21)22-15-8-5-9-16-22/h4-19,25H,3H2,1-2H3. The maximum absolute atomic E-state index is 5.09. The summed E-state index contributed by atoms with van der Waals surface area (Å²) in [6.45, 7) is 3.19. The van der Waals surface area contributed by atoms with E-state index >= 15 is 0 Å². The summed E-state index contributed by atoms with van der Waals surface area (Å²) in [7, 11) is 1.58. The highest BCUT2D eigenvalue weighted by molar-refractivity contribution is 7.73. The Morgan fingerprint density at radius 1 is 0.750 bits per heavy atom. The molecular formula is C25H25N2P. The zero-order valence-corrected chi connectivity index (χ0v) is 17.3. The second-order valence-corrected chi connectivity index (χ2v) is 9.18. The van der Waals surface area contributed by atoms with Gasteiger partial charge in [0.2, 0.25) is 0 Å².